The van der Waals surface area contributed by atoms with E-state index in [2.05, 4.69) is 4.98 Å². The number of non-ortho nitro benzene ring substituents is 1. The number of aromatic nitrogens is 2. The van der Waals surface area contributed by atoms with Gasteiger partial charge in [-0.05, 0) is 43.1 Å². The Kier molecular flexibility index (Phi) is 4.23. The van der Waals surface area contributed by atoms with Crippen molar-refractivity contribution in [1.82, 2.24) is 9.55 Å². The molecule has 0 N–H and O–H groups in total. The molecule has 2 aromatic carbocycles. The zero-order valence-electron chi connectivity index (χ0n) is 16.2. The van der Waals surface area contributed by atoms with Crippen LogP contribution in [0.15, 0.2) is 53.3 Å². The minimum atomic E-state index is -0.397. The van der Waals surface area contributed by atoms with Crippen molar-refractivity contribution in [2.24, 2.45) is 11.3 Å². The van der Waals surface area contributed by atoms with Crippen molar-refractivity contribution < 1.29 is 4.92 Å². The average Bonchev–Trinajstić information content (AvgIpc) is 3.30. The van der Waals surface area contributed by atoms with Gasteiger partial charge >= 0.3 is 5.69 Å². The Balaban J connectivity index is 1.72. The Hall–Kier alpha value is -3.02. The fourth-order valence-corrected chi connectivity index (χ4v) is 5.64. The van der Waals surface area contributed by atoms with Gasteiger partial charge in [-0.1, -0.05) is 43.2 Å². The molecule has 148 valence electrons. The fraction of sp³-hybridized carbons (Fsp3) is 0.391. The van der Waals surface area contributed by atoms with Crippen molar-refractivity contribution in [3.05, 3.63) is 69.1 Å². The van der Waals surface area contributed by atoms with Crippen LogP contribution in [0.4, 0.5) is 5.69 Å². The summed E-state index contributed by atoms with van der Waals surface area (Å²) >= 11 is 0. The predicted octanol–water partition coefficient (Wildman–Crippen LogP) is 4.94. The van der Waals surface area contributed by atoms with Gasteiger partial charge in [-0.15, -0.1) is 0 Å². The molecule has 0 amide bonds. The number of benzene rings is 2. The lowest BCUT2D eigenvalue weighted by Crippen LogP contribution is -2.34. The summed E-state index contributed by atoms with van der Waals surface area (Å²) in [5.41, 5.74) is 1.96. The van der Waals surface area contributed by atoms with Gasteiger partial charge in [0.15, 0.2) is 0 Å². The molecule has 2 saturated carbocycles. The maximum absolute atomic E-state index is 13.1. The lowest BCUT2D eigenvalue weighted by molar-refractivity contribution is -0.384. The number of nitro groups is 1. The smallest absolute Gasteiger partial charge is 0.291 e. The molecule has 0 radical (unpaired) electrons. The minimum absolute atomic E-state index is 0.0134. The molecule has 6 nitrogen and oxygen atoms in total. The second-order valence-corrected chi connectivity index (χ2v) is 8.50. The summed E-state index contributed by atoms with van der Waals surface area (Å²) in [7, 11) is 0. The monoisotopic (exact) mass is 389 g/mol. The van der Waals surface area contributed by atoms with Gasteiger partial charge in [0, 0.05) is 29.6 Å². The maximum Gasteiger partial charge on any atom is 0.348 e. The number of hydrogen-bond donors (Lipinski definition) is 0. The van der Waals surface area contributed by atoms with Crippen LogP contribution >= 0.6 is 0 Å². The summed E-state index contributed by atoms with van der Waals surface area (Å²) in [5, 5.41) is 12.0. The molecule has 5 rings (SSSR count). The first kappa shape index (κ1) is 18.0. The van der Waals surface area contributed by atoms with E-state index in [1.165, 1.54) is 31.7 Å². The number of hydrogen-bond acceptors (Lipinski definition) is 4. The van der Waals surface area contributed by atoms with E-state index in [1.54, 1.807) is 16.7 Å². The lowest BCUT2D eigenvalue weighted by Gasteiger charge is -2.30. The summed E-state index contributed by atoms with van der Waals surface area (Å²) in [6.45, 7) is 0.660. The third kappa shape index (κ3) is 2.94. The average molecular weight is 389 g/mol. The third-order valence-electron chi connectivity index (χ3n) is 7.02. The van der Waals surface area contributed by atoms with Crippen LogP contribution in [0.3, 0.4) is 0 Å². The van der Waals surface area contributed by atoms with E-state index in [0.29, 0.717) is 23.5 Å². The highest BCUT2D eigenvalue weighted by atomic mass is 16.6. The first-order valence-electron chi connectivity index (χ1n) is 10.3. The SMILES string of the molecule is O=c1nc(-c2ccccc2)c2cc([N+](=O)[O-])ccc2n1CC12CCCC1CCC2. The van der Waals surface area contributed by atoms with Crippen molar-refractivity contribution >= 4 is 16.6 Å². The summed E-state index contributed by atoms with van der Waals surface area (Å²) < 4.78 is 1.77. The number of rotatable bonds is 4. The van der Waals surface area contributed by atoms with E-state index in [1.807, 2.05) is 30.3 Å². The van der Waals surface area contributed by atoms with Gasteiger partial charge in [-0.2, -0.15) is 4.98 Å². The second-order valence-electron chi connectivity index (χ2n) is 8.50. The van der Waals surface area contributed by atoms with Gasteiger partial charge in [0.2, 0.25) is 0 Å². The van der Waals surface area contributed by atoms with Crippen LogP contribution in [0.5, 0.6) is 0 Å². The quantitative estimate of drug-likeness (QED) is 0.468. The molecule has 3 aromatic rings. The van der Waals surface area contributed by atoms with Crippen LogP contribution in [0, 0.1) is 21.4 Å². The molecular weight excluding hydrogens is 366 g/mol. The zero-order chi connectivity index (χ0) is 20.0. The highest BCUT2D eigenvalue weighted by Gasteiger charge is 2.46. The van der Waals surface area contributed by atoms with Crippen molar-refractivity contribution in [3.63, 3.8) is 0 Å². The van der Waals surface area contributed by atoms with E-state index in [0.717, 1.165) is 23.9 Å². The van der Waals surface area contributed by atoms with Crippen LogP contribution in [0.1, 0.15) is 38.5 Å². The second kappa shape index (κ2) is 6.79. The molecule has 0 aliphatic heterocycles. The topological polar surface area (TPSA) is 78.0 Å². The molecule has 2 aliphatic rings. The molecule has 0 bridgehead atoms. The van der Waals surface area contributed by atoms with Crippen molar-refractivity contribution in [3.8, 4) is 11.3 Å². The third-order valence-corrected chi connectivity index (χ3v) is 7.02. The highest BCUT2D eigenvalue weighted by Crippen LogP contribution is 2.55. The Morgan fingerprint density at radius 1 is 1.10 bits per heavy atom. The van der Waals surface area contributed by atoms with Crippen LogP contribution in [0.2, 0.25) is 0 Å². The molecule has 1 heterocycles. The summed E-state index contributed by atoms with van der Waals surface area (Å²) in [6.07, 6.45) is 7.23. The van der Waals surface area contributed by atoms with E-state index >= 15 is 0 Å². The summed E-state index contributed by atoms with van der Waals surface area (Å²) in [5.74, 6) is 0.677. The van der Waals surface area contributed by atoms with Gasteiger partial charge < -0.3 is 0 Å². The van der Waals surface area contributed by atoms with Gasteiger partial charge in [0.05, 0.1) is 16.1 Å². The van der Waals surface area contributed by atoms with Gasteiger partial charge in [-0.3, -0.25) is 14.7 Å². The van der Waals surface area contributed by atoms with Crippen LogP contribution in [-0.2, 0) is 6.54 Å². The fourth-order valence-electron chi connectivity index (χ4n) is 5.64. The molecular formula is C23H23N3O3. The van der Waals surface area contributed by atoms with E-state index in [4.69, 9.17) is 0 Å². The Morgan fingerprint density at radius 3 is 2.52 bits per heavy atom. The van der Waals surface area contributed by atoms with Crippen molar-refractivity contribution in [1.29, 1.82) is 0 Å². The molecule has 0 saturated heterocycles. The highest BCUT2D eigenvalue weighted by molar-refractivity contribution is 5.93. The van der Waals surface area contributed by atoms with Crippen molar-refractivity contribution in [2.45, 2.75) is 45.1 Å². The van der Waals surface area contributed by atoms with Crippen molar-refractivity contribution in [2.75, 3.05) is 0 Å². The Morgan fingerprint density at radius 2 is 1.83 bits per heavy atom. The molecule has 1 aromatic heterocycles. The largest absolute Gasteiger partial charge is 0.348 e. The summed E-state index contributed by atoms with van der Waals surface area (Å²) in [4.78, 5) is 28.5. The molecule has 6 heteroatoms. The molecule has 2 fully saturated rings. The van der Waals surface area contributed by atoms with Crippen LogP contribution in [0.25, 0.3) is 22.2 Å². The lowest BCUT2D eigenvalue weighted by atomic mass is 9.80. The van der Waals surface area contributed by atoms with Gasteiger partial charge in [0.1, 0.15) is 0 Å². The molecule has 0 atom stereocenters. The Bertz CT molecular complexity index is 1140. The van der Waals surface area contributed by atoms with Crippen LogP contribution in [-0.4, -0.2) is 14.5 Å². The summed E-state index contributed by atoms with van der Waals surface area (Å²) in [6, 6.07) is 14.2. The number of fused-ring (bicyclic) bond motifs is 2. The predicted molar refractivity (Wildman–Crippen MR) is 112 cm³/mol. The van der Waals surface area contributed by atoms with Crippen LogP contribution < -0.4 is 5.69 Å². The molecule has 2 aliphatic carbocycles. The number of nitro benzene ring substituents is 1. The zero-order valence-corrected chi connectivity index (χ0v) is 16.2. The van der Waals surface area contributed by atoms with Gasteiger partial charge in [0.25, 0.3) is 5.69 Å². The first-order chi connectivity index (χ1) is 14.1. The molecule has 0 unspecified atom stereocenters. The van der Waals surface area contributed by atoms with E-state index < -0.39 is 4.92 Å². The minimum Gasteiger partial charge on any atom is -0.291 e. The van der Waals surface area contributed by atoms with Gasteiger partial charge in [-0.25, -0.2) is 4.79 Å². The number of nitrogens with zero attached hydrogens (tertiary/aromatic N) is 3. The van der Waals surface area contributed by atoms with E-state index in [-0.39, 0.29) is 16.8 Å². The molecule has 29 heavy (non-hydrogen) atoms. The standard InChI is InChI=1S/C23H23N3O3/c27-22-24-21(16-6-2-1-3-7-16)19-14-18(26(28)29)10-11-20(19)25(22)15-23-12-4-8-17(23)9-5-13-23/h1-3,6-7,10-11,14,17H,4-5,8-9,12-13,15H2. The molecule has 0 spiro atoms. The Labute approximate surface area is 168 Å². The first-order valence-corrected chi connectivity index (χ1v) is 10.3. The van der Waals surface area contributed by atoms with E-state index in [9.17, 15) is 14.9 Å². The maximum atomic E-state index is 13.1. The normalized spacial score (nSPS) is 23.4.